The number of carbonyl (C=O) groups is 2. The highest BCUT2D eigenvalue weighted by Crippen LogP contribution is 2.19. The maximum Gasteiger partial charge on any atom is 0.360 e. The first kappa shape index (κ1) is 16.2. The molecule has 1 amide bonds. The van der Waals surface area contributed by atoms with Gasteiger partial charge in [-0.1, -0.05) is 12.1 Å². The van der Waals surface area contributed by atoms with E-state index in [0.717, 1.165) is 6.26 Å². The van der Waals surface area contributed by atoms with Crippen LogP contribution < -0.4 is 5.32 Å². The Labute approximate surface area is 133 Å². The Kier molecular flexibility index (Phi) is 5.26. The van der Waals surface area contributed by atoms with E-state index in [2.05, 4.69) is 26.2 Å². The number of carbonyl (C=O) groups excluding carboxylic acids is 2. The highest BCUT2D eigenvalue weighted by atomic mass is 79.9. The van der Waals surface area contributed by atoms with E-state index < -0.39 is 17.7 Å². The summed E-state index contributed by atoms with van der Waals surface area (Å²) in [6.07, 6.45) is 0.885. The molecule has 0 radical (unpaired) electrons. The van der Waals surface area contributed by atoms with Crippen molar-refractivity contribution in [3.63, 3.8) is 0 Å². The molecule has 0 atom stereocenters. The average Bonchev–Trinajstić information content (AvgIpc) is 2.92. The lowest BCUT2D eigenvalue weighted by molar-refractivity contribution is -0.115. The Morgan fingerprint density at radius 3 is 2.95 bits per heavy atom. The molecule has 22 heavy (non-hydrogen) atoms. The van der Waals surface area contributed by atoms with E-state index in [4.69, 9.17) is 9.15 Å². The van der Waals surface area contributed by atoms with Gasteiger partial charge in [0.05, 0.1) is 17.5 Å². The summed E-state index contributed by atoms with van der Waals surface area (Å²) in [7, 11) is 0. The molecule has 116 valence electrons. The van der Waals surface area contributed by atoms with Crippen LogP contribution in [0, 0.1) is 5.82 Å². The summed E-state index contributed by atoms with van der Waals surface area (Å²) in [6.45, 7) is 1.86. The fraction of sp³-hybridized carbons (Fsp3) is 0.214. The lowest BCUT2D eigenvalue weighted by atomic mass is 10.1. The molecule has 0 saturated heterocycles. The fourth-order valence-electron chi connectivity index (χ4n) is 1.65. The summed E-state index contributed by atoms with van der Waals surface area (Å²) in [5.41, 5.74) is 0.176. The van der Waals surface area contributed by atoms with E-state index in [1.165, 1.54) is 12.1 Å². The lowest BCUT2D eigenvalue weighted by Crippen LogP contribution is -2.16. The summed E-state index contributed by atoms with van der Waals surface area (Å²) in [6, 6.07) is 4.51. The smallest absolute Gasteiger partial charge is 0.360 e. The number of hydrogen-bond acceptors (Lipinski definition) is 5. The first-order valence-electron chi connectivity index (χ1n) is 6.36. The number of nitrogens with zero attached hydrogens (tertiary/aromatic N) is 1. The number of nitrogens with one attached hydrogen (secondary N) is 1. The van der Waals surface area contributed by atoms with Gasteiger partial charge in [0.15, 0.2) is 5.69 Å². The molecule has 0 aliphatic carbocycles. The number of halogens is 2. The predicted molar refractivity (Wildman–Crippen MR) is 78.9 cm³/mol. The van der Waals surface area contributed by atoms with Crippen molar-refractivity contribution in [3.05, 3.63) is 46.0 Å². The van der Waals surface area contributed by atoms with Crippen molar-refractivity contribution in [2.45, 2.75) is 13.3 Å². The van der Waals surface area contributed by atoms with Crippen LogP contribution in [0.3, 0.4) is 0 Å². The highest BCUT2D eigenvalue weighted by Gasteiger charge is 2.16. The van der Waals surface area contributed by atoms with Crippen molar-refractivity contribution in [1.82, 2.24) is 4.98 Å². The second-order valence-electron chi connectivity index (χ2n) is 4.20. The Morgan fingerprint density at radius 2 is 2.23 bits per heavy atom. The molecular weight excluding hydrogens is 359 g/mol. The third-order valence-electron chi connectivity index (χ3n) is 2.62. The molecule has 0 unspecified atom stereocenters. The minimum absolute atomic E-state index is 0.0502. The monoisotopic (exact) mass is 370 g/mol. The number of benzene rings is 1. The molecule has 6 nitrogen and oxygen atoms in total. The van der Waals surface area contributed by atoms with Crippen LogP contribution in [0.25, 0.3) is 0 Å². The van der Waals surface area contributed by atoms with Gasteiger partial charge in [0.2, 0.25) is 5.91 Å². The van der Waals surface area contributed by atoms with E-state index in [1.807, 2.05) is 0 Å². The van der Waals surface area contributed by atoms with Crippen molar-refractivity contribution in [2.75, 3.05) is 11.9 Å². The fourth-order valence-corrected chi connectivity index (χ4v) is 2.06. The van der Waals surface area contributed by atoms with Gasteiger partial charge in [0.25, 0.3) is 0 Å². The molecule has 8 heteroatoms. The predicted octanol–water partition coefficient (Wildman–Crippen LogP) is 2.93. The molecule has 0 bridgehead atoms. The van der Waals surface area contributed by atoms with Gasteiger partial charge in [-0.15, -0.1) is 0 Å². The number of ether oxygens (including phenoxy) is 1. The number of oxazole rings is 1. The molecular formula is C14H12BrFN2O4. The Bertz CT molecular complexity index is 702. The number of amides is 1. The molecule has 0 spiro atoms. The van der Waals surface area contributed by atoms with Crippen LogP contribution >= 0.6 is 15.9 Å². The van der Waals surface area contributed by atoms with Gasteiger partial charge in [-0.3, -0.25) is 10.1 Å². The van der Waals surface area contributed by atoms with Gasteiger partial charge in [-0.25, -0.2) is 9.18 Å². The zero-order valence-corrected chi connectivity index (χ0v) is 13.1. The van der Waals surface area contributed by atoms with E-state index in [9.17, 15) is 14.0 Å². The van der Waals surface area contributed by atoms with Gasteiger partial charge in [-0.05, 0) is 34.5 Å². The minimum Gasteiger partial charge on any atom is -0.461 e. The third-order valence-corrected chi connectivity index (χ3v) is 3.23. The second-order valence-corrected chi connectivity index (χ2v) is 5.05. The Hall–Kier alpha value is -2.22. The van der Waals surface area contributed by atoms with Crippen LogP contribution in [0.2, 0.25) is 0 Å². The normalized spacial score (nSPS) is 10.3. The van der Waals surface area contributed by atoms with Crippen LogP contribution in [0.5, 0.6) is 0 Å². The topological polar surface area (TPSA) is 81.4 Å². The molecule has 0 aliphatic heterocycles. The molecule has 1 aromatic heterocycles. The number of anilines is 1. The zero-order valence-electron chi connectivity index (χ0n) is 11.6. The van der Waals surface area contributed by atoms with Gasteiger partial charge in [0, 0.05) is 0 Å². The Balaban J connectivity index is 2.00. The summed E-state index contributed by atoms with van der Waals surface area (Å²) in [5.74, 6) is -1.67. The number of esters is 1. The first-order valence-corrected chi connectivity index (χ1v) is 7.16. The summed E-state index contributed by atoms with van der Waals surface area (Å²) >= 11 is 3.05. The third kappa shape index (κ3) is 3.91. The molecule has 2 rings (SSSR count). The van der Waals surface area contributed by atoms with Crippen LogP contribution in [0.1, 0.15) is 23.0 Å². The van der Waals surface area contributed by atoms with Crippen LogP contribution in [-0.4, -0.2) is 23.5 Å². The number of hydrogen-bond donors (Lipinski definition) is 1. The summed E-state index contributed by atoms with van der Waals surface area (Å²) in [4.78, 5) is 27.0. The quantitative estimate of drug-likeness (QED) is 0.818. The standard InChI is InChI=1S/C14H12BrFN2O4/c1-2-21-13(20)10-7-22-14(17-10)18-11(19)6-8-4-3-5-9(15)12(8)16/h3-5,7H,2,6H2,1H3,(H,17,18,19). The van der Waals surface area contributed by atoms with E-state index in [-0.39, 0.29) is 34.8 Å². The first-order chi connectivity index (χ1) is 10.5. The molecule has 2 aromatic rings. The molecule has 1 heterocycles. The van der Waals surface area contributed by atoms with Crippen molar-refractivity contribution >= 4 is 33.8 Å². The molecule has 0 saturated carbocycles. The van der Waals surface area contributed by atoms with Crippen molar-refractivity contribution in [3.8, 4) is 0 Å². The average molecular weight is 371 g/mol. The molecule has 1 N–H and O–H groups in total. The number of aromatic nitrogens is 1. The highest BCUT2D eigenvalue weighted by molar-refractivity contribution is 9.10. The van der Waals surface area contributed by atoms with Gasteiger partial charge >= 0.3 is 12.0 Å². The molecule has 0 fully saturated rings. The van der Waals surface area contributed by atoms with Crippen LogP contribution in [0.15, 0.2) is 33.4 Å². The SMILES string of the molecule is CCOC(=O)c1coc(NC(=O)Cc2cccc(Br)c2F)n1. The van der Waals surface area contributed by atoms with Crippen molar-refractivity contribution in [2.24, 2.45) is 0 Å². The Morgan fingerprint density at radius 1 is 1.45 bits per heavy atom. The lowest BCUT2D eigenvalue weighted by Gasteiger charge is -2.04. The summed E-state index contributed by atoms with van der Waals surface area (Å²) < 4.78 is 23.7. The maximum atomic E-state index is 13.8. The van der Waals surface area contributed by atoms with E-state index in [1.54, 1.807) is 13.0 Å². The summed E-state index contributed by atoms with van der Waals surface area (Å²) in [5, 5.41) is 2.35. The second kappa shape index (κ2) is 7.17. The van der Waals surface area contributed by atoms with Gasteiger partial charge < -0.3 is 9.15 Å². The maximum absolute atomic E-state index is 13.8. The zero-order chi connectivity index (χ0) is 16.1. The van der Waals surface area contributed by atoms with E-state index in [0.29, 0.717) is 0 Å². The van der Waals surface area contributed by atoms with Crippen molar-refractivity contribution in [1.29, 1.82) is 0 Å². The van der Waals surface area contributed by atoms with Crippen LogP contribution in [0.4, 0.5) is 10.4 Å². The minimum atomic E-state index is -0.648. The number of rotatable bonds is 5. The molecule has 0 aliphatic rings. The van der Waals surface area contributed by atoms with Crippen molar-refractivity contribution < 1.29 is 23.1 Å². The largest absolute Gasteiger partial charge is 0.461 e. The van der Waals surface area contributed by atoms with Crippen LogP contribution in [-0.2, 0) is 16.0 Å². The molecule has 1 aromatic carbocycles. The van der Waals surface area contributed by atoms with E-state index >= 15 is 0 Å². The van der Waals surface area contributed by atoms with Gasteiger partial charge in [0.1, 0.15) is 12.1 Å². The van der Waals surface area contributed by atoms with Gasteiger partial charge in [-0.2, -0.15) is 4.98 Å².